The molecule has 0 saturated carbocycles. The van der Waals surface area contributed by atoms with Crippen molar-refractivity contribution in [3.63, 3.8) is 0 Å². The van der Waals surface area contributed by atoms with E-state index in [9.17, 15) is 0 Å². The molecule has 1 aliphatic heterocycles. The van der Waals surface area contributed by atoms with Crippen molar-refractivity contribution >= 4 is 5.82 Å². The molecule has 0 aliphatic carbocycles. The first-order valence-electron chi connectivity index (χ1n) is 8.18. The average molecular weight is 275 g/mol. The molecule has 2 rings (SSSR count). The Morgan fingerprint density at radius 2 is 2.20 bits per heavy atom. The highest BCUT2D eigenvalue weighted by Crippen LogP contribution is 2.24. The first kappa shape index (κ1) is 15.3. The molecule has 1 N–H and O–H groups in total. The third-order valence-corrected chi connectivity index (χ3v) is 4.53. The first-order chi connectivity index (χ1) is 9.74. The van der Waals surface area contributed by atoms with Gasteiger partial charge in [-0.3, -0.25) is 0 Å². The van der Waals surface area contributed by atoms with Crippen molar-refractivity contribution in [3.05, 3.63) is 23.9 Å². The van der Waals surface area contributed by atoms with Gasteiger partial charge in [-0.1, -0.05) is 20.3 Å². The van der Waals surface area contributed by atoms with Gasteiger partial charge in [-0.15, -0.1) is 0 Å². The molecule has 2 unspecified atom stereocenters. The zero-order valence-corrected chi connectivity index (χ0v) is 13.2. The molecule has 1 aliphatic rings. The number of hydrogen-bond acceptors (Lipinski definition) is 3. The van der Waals surface area contributed by atoms with E-state index in [2.05, 4.69) is 48.1 Å². The van der Waals surface area contributed by atoms with Crippen molar-refractivity contribution in [2.75, 3.05) is 24.5 Å². The monoisotopic (exact) mass is 275 g/mol. The molecule has 0 aromatic carbocycles. The van der Waals surface area contributed by atoms with Crippen molar-refractivity contribution < 1.29 is 0 Å². The normalized spacial score (nSPS) is 21.6. The zero-order valence-electron chi connectivity index (χ0n) is 13.2. The van der Waals surface area contributed by atoms with Crippen molar-refractivity contribution in [1.29, 1.82) is 0 Å². The van der Waals surface area contributed by atoms with Crippen LogP contribution < -0.4 is 10.2 Å². The van der Waals surface area contributed by atoms with Crippen LogP contribution in [0.2, 0.25) is 0 Å². The topological polar surface area (TPSA) is 28.2 Å². The summed E-state index contributed by atoms with van der Waals surface area (Å²) in [6.07, 6.45) is 7.26. The summed E-state index contributed by atoms with van der Waals surface area (Å²) in [5.41, 5.74) is 1.34. The lowest BCUT2D eigenvalue weighted by Crippen LogP contribution is -2.26. The molecule has 0 radical (unpaired) electrons. The third-order valence-electron chi connectivity index (χ3n) is 4.53. The van der Waals surface area contributed by atoms with Gasteiger partial charge in [0, 0.05) is 25.3 Å². The van der Waals surface area contributed by atoms with E-state index >= 15 is 0 Å². The third kappa shape index (κ3) is 3.95. The maximum atomic E-state index is 4.60. The molecule has 0 bridgehead atoms. The smallest absolute Gasteiger partial charge is 0.128 e. The van der Waals surface area contributed by atoms with Crippen LogP contribution in [0.1, 0.15) is 58.1 Å². The number of nitrogens with zero attached hydrogens (tertiary/aromatic N) is 2. The van der Waals surface area contributed by atoms with Gasteiger partial charge in [0.25, 0.3) is 0 Å². The SMILES string of the molecule is CCNC(C)c1ccnc(N2CCCC(CC)CC2)c1. The van der Waals surface area contributed by atoms with E-state index in [0.29, 0.717) is 6.04 Å². The second kappa shape index (κ2) is 7.63. The van der Waals surface area contributed by atoms with Gasteiger partial charge in [0.05, 0.1) is 0 Å². The van der Waals surface area contributed by atoms with Gasteiger partial charge in [0.2, 0.25) is 0 Å². The molecular formula is C17H29N3. The number of hydrogen-bond donors (Lipinski definition) is 1. The predicted molar refractivity (Wildman–Crippen MR) is 86.2 cm³/mol. The Bertz CT molecular complexity index is 405. The summed E-state index contributed by atoms with van der Waals surface area (Å²) in [6.45, 7) is 10.0. The highest BCUT2D eigenvalue weighted by atomic mass is 15.2. The van der Waals surface area contributed by atoms with Crippen LogP contribution in [0.4, 0.5) is 5.82 Å². The lowest BCUT2D eigenvalue weighted by atomic mass is 9.98. The summed E-state index contributed by atoms with van der Waals surface area (Å²) in [6, 6.07) is 4.79. The standard InChI is InChI=1S/C17H29N3/c1-4-15-7-6-11-20(12-9-15)17-13-16(8-10-19-17)14(3)18-5-2/h8,10,13-15,18H,4-7,9,11-12H2,1-3H3. The fourth-order valence-corrected chi connectivity index (χ4v) is 3.10. The van der Waals surface area contributed by atoms with E-state index in [1.807, 2.05) is 6.20 Å². The summed E-state index contributed by atoms with van der Waals surface area (Å²) in [7, 11) is 0. The Morgan fingerprint density at radius 1 is 1.35 bits per heavy atom. The van der Waals surface area contributed by atoms with Gasteiger partial charge in [-0.05, 0) is 56.3 Å². The minimum Gasteiger partial charge on any atom is -0.357 e. The molecule has 2 atom stereocenters. The molecule has 0 spiro atoms. The molecule has 20 heavy (non-hydrogen) atoms. The van der Waals surface area contributed by atoms with Crippen molar-refractivity contribution in [2.45, 2.75) is 52.5 Å². The minimum absolute atomic E-state index is 0.400. The molecule has 2 heterocycles. The van der Waals surface area contributed by atoms with Crippen molar-refractivity contribution in [3.8, 4) is 0 Å². The predicted octanol–water partition coefficient (Wildman–Crippen LogP) is 3.77. The number of aromatic nitrogens is 1. The molecule has 1 aromatic heterocycles. The zero-order chi connectivity index (χ0) is 14.4. The van der Waals surface area contributed by atoms with Crippen LogP contribution >= 0.6 is 0 Å². The summed E-state index contributed by atoms with van der Waals surface area (Å²) < 4.78 is 0. The molecule has 3 heteroatoms. The first-order valence-corrected chi connectivity index (χ1v) is 8.18. The number of anilines is 1. The maximum Gasteiger partial charge on any atom is 0.128 e. The van der Waals surface area contributed by atoms with Crippen LogP contribution in [0, 0.1) is 5.92 Å². The molecule has 1 saturated heterocycles. The van der Waals surface area contributed by atoms with Crippen LogP contribution in [-0.4, -0.2) is 24.6 Å². The quantitative estimate of drug-likeness (QED) is 0.886. The van der Waals surface area contributed by atoms with Crippen LogP contribution in [0.25, 0.3) is 0 Å². The van der Waals surface area contributed by atoms with Gasteiger partial charge in [0.15, 0.2) is 0 Å². The molecule has 3 nitrogen and oxygen atoms in total. The fourth-order valence-electron chi connectivity index (χ4n) is 3.10. The van der Waals surface area contributed by atoms with E-state index in [-0.39, 0.29) is 0 Å². The van der Waals surface area contributed by atoms with Gasteiger partial charge in [-0.25, -0.2) is 4.98 Å². The van der Waals surface area contributed by atoms with E-state index in [0.717, 1.165) is 31.4 Å². The summed E-state index contributed by atoms with van der Waals surface area (Å²) >= 11 is 0. The van der Waals surface area contributed by atoms with Gasteiger partial charge in [0.1, 0.15) is 5.82 Å². The Hall–Kier alpha value is -1.09. The second-order valence-corrected chi connectivity index (χ2v) is 5.92. The summed E-state index contributed by atoms with van der Waals surface area (Å²) in [4.78, 5) is 7.07. The van der Waals surface area contributed by atoms with Gasteiger partial charge < -0.3 is 10.2 Å². The molecule has 112 valence electrons. The van der Waals surface area contributed by atoms with Crippen molar-refractivity contribution in [2.24, 2.45) is 5.92 Å². The number of nitrogens with one attached hydrogen (secondary N) is 1. The van der Waals surface area contributed by atoms with Crippen LogP contribution in [0.15, 0.2) is 18.3 Å². The van der Waals surface area contributed by atoms with Crippen LogP contribution in [0.3, 0.4) is 0 Å². The van der Waals surface area contributed by atoms with E-state index in [4.69, 9.17) is 0 Å². The van der Waals surface area contributed by atoms with Crippen molar-refractivity contribution in [1.82, 2.24) is 10.3 Å². The second-order valence-electron chi connectivity index (χ2n) is 5.92. The largest absolute Gasteiger partial charge is 0.357 e. The highest BCUT2D eigenvalue weighted by molar-refractivity contribution is 5.42. The van der Waals surface area contributed by atoms with Gasteiger partial charge >= 0.3 is 0 Å². The minimum atomic E-state index is 0.400. The average Bonchev–Trinajstić information content (AvgIpc) is 2.73. The number of pyridine rings is 1. The molecule has 0 amide bonds. The Labute approximate surface area is 123 Å². The van der Waals surface area contributed by atoms with Gasteiger partial charge in [-0.2, -0.15) is 0 Å². The fraction of sp³-hybridized carbons (Fsp3) is 0.706. The molecule has 1 fully saturated rings. The lowest BCUT2D eigenvalue weighted by molar-refractivity contribution is 0.459. The summed E-state index contributed by atoms with van der Waals surface area (Å²) in [5.74, 6) is 2.06. The Balaban J connectivity index is 2.06. The molecular weight excluding hydrogens is 246 g/mol. The van der Waals surface area contributed by atoms with E-state index < -0.39 is 0 Å². The number of rotatable bonds is 5. The van der Waals surface area contributed by atoms with Crippen LogP contribution in [0.5, 0.6) is 0 Å². The molecule has 1 aromatic rings. The Kier molecular flexibility index (Phi) is 5.84. The van der Waals surface area contributed by atoms with E-state index in [1.165, 1.54) is 31.2 Å². The van der Waals surface area contributed by atoms with E-state index in [1.54, 1.807) is 0 Å². The Morgan fingerprint density at radius 3 is 2.95 bits per heavy atom. The highest BCUT2D eigenvalue weighted by Gasteiger charge is 2.17. The summed E-state index contributed by atoms with van der Waals surface area (Å²) in [5, 5.41) is 3.47. The lowest BCUT2D eigenvalue weighted by Gasteiger charge is -2.23. The maximum absolute atomic E-state index is 4.60. The van der Waals surface area contributed by atoms with Crippen LogP contribution in [-0.2, 0) is 0 Å².